The van der Waals surface area contributed by atoms with E-state index in [0.29, 0.717) is 0 Å². The lowest BCUT2D eigenvalue weighted by Crippen LogP contribution is -2.23. The van der Waals surface area contributed by atoms with Crippen LogP contribution in [-0.2, 0) is 6.42 Å². The maximum Gasteiger partial charge on any atom is 0.142 e. The van der Waals surface area contributed by atoms with E-state index in [-0.39, 0.29) is 16.9 Å². The number of likely N-dealkylation sites (N-methyl/N-ethyl adjacent to an activating group) is 1. The average Bonchev–Trinajstić information content (AvgIpc) is 2.42. The predicted octanol–water partition coefficient (Wildman–Crippen LogP) is 4.98. The molecule has 0 aliphatic rings. The number of hydrogen-bond donors (Lipinski definition) is 1. The second-order valence-electron chi connectivity index (χ2n) is 4.62. The van der Waals surface area contributed by atoms with E-state index in [9.17, 15) is 4.39 Å². The average molecular weight is 404 g/mol. The first-order chi connectivity index (χ1) is 9.60. The van der Waals surface area contributed by atoms with Crippen LogP contribution in [0.1, 0.15) is 24.1 Å². The summed E-state index contributed by atoms with van der Waals surface area (Å²) >= 11 is 8.03. The van der Waals surface area contributed by atoms with Crippen LogP contribution in [0.3, 0.4) is 0 Å². The van der Waals surface area contributed by atoms with Crippen LogP contribution in [0.5, 0.6) is 0 Å². The molecule has 0 fully saturated rings. The first kappa shape index (κ1) is 15.7. The van der Waals surface area contributed by atoms with Gasteiger partial charge in [0.1, 0.15) is 5.82 Å². The highest BCUT2D eigenvalue weighted by atomic mass is 127. The van der Waals surface area contributed by atoms with Gasteiger partial charge in [0.2, 0.25) is 0 Å². The molecule has 1 unspecified atom stereocenters. The molecule has 0 aliphatic heterocycles. The standard InChI is InChI=1S/C16H16ClFIN/c1-2-20-16(12-4-3-5-13(19)10-12)9-11-6-7-14(17)15(18)8-11/h3-8,10,16,20H,2,9H2,1H3. The number of hydrogen-bond acceptors (Lipinski definition) is 1. The second kappa shape index (κ2) is 7.38. The molecule has 0 aliphatic carbocycles. The Labute approximate surface area is 137 Å². The molecule has 1 N–H and O–H groups in total. The van der Waals surface area contributed by atoms with Crippen molar-refractivity contribution in [2.45, 2.75) is 19.4 Å². The summed E-state index contributed by atoms with van der Waals surface area (Å²) in [5, 5.41) is 3.62. The Hall–Kier alpha value is -0.650. The van der Waals surface area contributed by atoms with Gasteiger partial charge in [-0.3, -0.25) is 0 Å². The molecule has 0 heterocycles. The van der Waals surface area contributed by atoms with E-state index >= 15 is 0 Å². The predicted molar refractivity (Wildman–Crippen MR) is 90.7 cm³/mol. The van der Waals surface area contributed by atoms with Gasteiger partial charge in [-0.05, 0) is 70.9 Å². The van der Waals surface area contributed by atoms with Gasteiger partial charge in [0.25, 0.3) is 0 Å². The highest BCUT2D eigenvalue weighted by Gasteiger charge is 2.12. The molecule has 1 nitrogen and oxygen atoms in total. The fourth-order valence-electron chi connectivity index (χ4n) is 2.18. The molecule has 0 aromatic heterocycles. The normalized spacial score (nSPS) is 12.4. The molecule has 1 atom stereocenters. The van der Waals surface area contributed by atoms with Crippen molar-refractivity contribution in [3.8, 4) is 0 Å². The molecule has 20 heavy (non-hydrogen) atoms. The molecule has 2 aromatic carbocycles. The first-order valence-electron chi connectivity index (χ1n) is 6.53. The minimum Gasteiger partial charge on any atom is -0.310 e. The fourth-order valence-corrected chi connectivity index (χ4v) is 2.86. The number of benzene rings is 2. The molecule has 2 rings (SSSR count). The SMILES string of the molecule is CCNC(Cc1ccc(Cl)c(F)c1)c1cccc(I)c1. The molecule has 0 spiro atoms. The Morgan fingerprint density at radius 3 is 2.70 bits per heavy atom. The van der Waals surface area contributed by atoms with Gasteiger partial charge in [0.15, 0.2) is 0 Å². The van der Waals surface area contributed by atoms with Crippen molar-refractivity contribution in [1.29, 1.82) is 0 Å². The Balaban J connectivity index is 2.22. The van der Waals surface area contributed by atoms with E-state index in [0.717, 1.165) is 18.5 Å². The molecule has 2 aromatic rings. The van der Waals surface area contributed by atoms with E-state index in [1.165, 1.54) is 15.2 Å². The van der Waals surface area contributed by atoms with Gasteiger partial charge in [0, 0.05) is 9.61 Å². The van der Waals surface area contributed by atoms with Gasteiger partial charge in [-0.1, -0.05) is 36.7 Å². The molecule has 4 heteroatoms. The van der Waals surface area contributed by atoms with Gasteiger partial charge in [-0.15, -0.1) is 0 Å². The molecule has 0 saturated carbocycles. The van der Waals surface area contributed by atoms with Crippen molar-refractivity contribution in [3.05, 3.63) is 68.0 Å². The number of nitrogens with one attached hydrogen (secondary N) is 1. The minimum absolute atomic E-state index is 0.169. The van der Waals surface area contributed by atoms with Crippen molar-refractivity contribution < 1.29 is 4.39 Å². The van der Waals surface area contributed by atoms with Crippen LogP contribution in [0.25, 0.3) is 0 Å². The Morgan fingerprint density at radius 2 is 2.05 bits per heavy atom. The van der Waals surface area contributed by atoms with Crippen LogP contribution in [0.2, 0.25) is 5.02 Å². The summed E-state index contributed by atoms with van der Waals surface area (Å²) in [5.41, 5.74) is 2.16. The van der Waals surface area contributed by atoms with Gasteiger partial charge >= 0.3 is 0 Å². The zero-order chi connectivity index (χ0) is 14.5. The van der Waals surface area contributed by atoms with Crippen molar-refractivity contribution in [1.82, 2.24) is 5.32 Å². The lowest BCUT2D eigenvalue weighted by Gasteiger charge is -2.19. The number of rotatable bonds is 5. The topological polar surface area (TPSA) is 12.0 Å². The maximum atomic E-state index is 13.5. The van der Waals surface area contributed by atoms with E-state index < -0.39 is 0 Å². The van der Waals surface area contributed by atoms with E-state index in [2.05, 4.69) is 53.0 Å². The summed E-state index contributed by atoms with van der Waals surface area (Å²) in [5.74, 6) is -0.359. The lowest BCUT2D eigenvalue weighted by molar-refractivity contribution is 0.546. The van der Waals surface area contributed by atoms with Gasteiger partial charge < -0.3 is 5.32 Å². The van der Waals surface area contributed by atoms with Crippen LogP contribution < -0.4 is 5.32 Å². The summed E-state index contributed by atoms with van der Waals surface area (Å²) in [6, 6.07) is 13.5. The van der Waals surface area contributed by atoms with Crippen LogP contribution in [0.15, 0.2) is 42.5 Å². The fraction of sp³-hybridized carbons (Fsp3) is 0.250. The summed E-state index contributed by atoms with van der Waals surface area (Å²) in [4.78, 5) is 0. The van der Waals surface area contributed by atoms with Crippen molar-refractivity contribution in [3.63, 3.8) is 0 Å². The van der Waals surface area contributed by atoms with Crippen molar-refractivity contribution in [2.75, 3.05) is 6.54 Å². The van der Waals surface area contributed by atoms with Gasteiger partial charge in [-0.25, -0.2) is 4.39 Å². The molecule has 0 radical (unpaired) electrons. The second-order valence-corrected chi connectivity index (χ2v) is 6.27. The van der Waals surface area contributed by atoms with E-state index in [1.807, 2.05) is 12.1 Å². The molecule has 0 amide bonds. The van der Waals surface area contributed by atoms with Crippen LogP contribution >= 0.6 is 34.2 Å². The zero-order valence-electron chi connectivity index (χ0n) is 11.2. The zero-order valence-corrected chi connectivity index (χ0v) is 14.1. The third-order valence-corrected chi connectivity index (χ3v) is 4.10. The third-order valence-electron chi connectivity index (χ3n) is 3.13. The van der Waals surface area contributed by atoms with Gasteiger partial charge in [-0.2, -0.15) is 0 Å². The minimum atomic E-state index is -0.359. The summed E-state index contributed by atoms with van der Waals surface area (Å²) in [7, 11) is 0. The smallest absolute Gasteiger partial charge is 0.142 e. The highest BCUT2D eigenvalue weighted by molar-refractivity contribution is 14.1. The summed E-state index contributed by atoms with van der Waals surface area (Å²) in [6.45, 7) is 2.94. The van der Waals surface area contributed by atoms with Crippen molar-refractivity contribution in [2.24, 2.45) is 0 Å². The number of halogens is 3. The highest BCUT2D eigenvalue weighted by Crippen LogP contribution is 2.23. The van der Waals surface area contributed by atoms with E-state index in [4.69, 9.17) is 11.6 Å². The Bertz CT molecular complexity index is 588. The first-order valence-corrected chi connectivity index (χ1v) is 7.98. The third kappa shape index (κ3) is 4.17. The quantitative estimate of drug-likeness (QED) is 0.695. The van der Waals surface area contributed by atoms with Crippen LogP contribution in [0.4, 0.5) is 4.39 Å². The van der Waals surface area contributed by atoms with Crippen molar-refractivity contribution >= 4 is 34.2 Å². The largest absolute Gasteiger partial charge is 0.310 e. The Kier molecular flexibility index (Phi) is 5.81. The van der Waals surface area contributed by atoms with Crippen LogP contribution in [-0.4, -0.2) is 6.54 Å². The monoisotopic (exact) mass is 403 g/mol. The Morgan fingerprint density at radius 1 is 1.25 bits per heavy atom. The molecule has 0 saturated heterocycles. The molecular formula is C16H16ClFIN. The summed E-state index contributed by atoms with van der Waals surface area (Å²) in [6.07, 6.45) is 0.738. The molecular weight excluding hydrogens is 388 g/mol. The van der Waals surface area contributed by atoms with Gasteiger partial charge in [0.05, 0.1) is 5.02 Å². The van der Waals surface area contributed by atoms with E-state index in [1.54, 1.807) is 6.07 Å². The molecule has 0 bridgehead atoms. The maximum absolute atomic E-state index is 13.5. The molecule has 106 valence electrons. The van der Waals surface area contributed by atoms with Crippen LogP contribution in [0, 0.1) is 9.39 Å². The summed E-state index contributed by atoms with van der Waals surface area (Å²) < 4.78 is 14.7. The lowest BCUT2D eigenvalue weighted by atomic mass is 9.99.